The van der Waals surface area contributed by atoms with Crippen LogP contribution < -0.4 is 11.2 Å². The molecule has 1 N–H and O–H groups in total. The number of sulfone groups is 1. The maximum atomic E-state index is 13.0. The molecule has 1 saturated heterocycles. The predicted octanol–water partition coefficient (Wildman–Crippen LogP) is -0.617. The Morgan fingerprint density at radius 2 is 2.12 bits per heavy atom. The van der Waals surface area contributed by atoms with Crippen LogP contribution in [0.15, 0.2) is 15.8 Å². The Balaban J connectivity index is 2.62. The van der Waals surface area contributed by atoms with E-state index < -0.39 is 32.3 Å². The molecule has 16 heavy (non-hydrogen) atoms. The number of nitrogens with zero attached hydrogens (tertiary/aromatic N) is 1. The Bertz CT molecular complexity index is 630. The van der Waals surface area contributed by atoms with Gasteiger partial charge < -0.3 is 0 Å². The highest BCUT2D eigenvalue weighted by Crippen LogP contribution is 2.28. The molecule has 0 aromatic carbocycles. The molecule has 0 spiro atoms. The normalized spacial score (nSPS) is 23.4. The number of hydrogen-bond donors (Lipinski definition) is 1. The topological polar surface area (TPSA) is 89.0 Å². The summed E-state index contributed by atoms with van der Waals surface area (Å²) in [5.41, 5.74) is -2.04. The van der Waals surface area contributed by atoms with Crippen molar-refractivity contribution in [3.8, 4) is 0 Å². The van der Waals surface area contributed by atoms with Crippen molar-refractivity contribution in [2.75, 3.05) is 5.75 Å². The molecule has 0 saturated carbocycles. The molecule has 1 aromatic heterocycles. The van der Waals surface area contributed by atoms with E-state index in [0.717, 1.165) is 4.57 Å². The minimum atomic E-state index is -3.42. The third kappa shape index (κ3) is 1.69. The zero-order valence-electron chi connectivity index (χ0n) is 8.14. The van der Waals surface area contributed by atoms with Gasteiger partial charge in [-0.25, -0.2) is 13.2 Å². The first kappa shape index (κ1) is 11.1. The van der Waals surface area contributed by atoms with Crippen molar-refractivity contribution in [3.63, 3.8) is 0 Å². The fourth-order valence-corrected chi connectivity index (χ4v) is 3.63. The number of aromatic nitrogens is 2. The van der Waals surface area contributed by atoms with Crippen LogP contribution in [0.3, 0.4) is 0 Å². The first-order valence-corrected chi connectivity index (χ1v) is 6.36. The standard InChI is InChI=1S/C8H9FN2O4S/c9-5-4-11(8(13)10-7(5)12)6-2-1-3-16(6,14)15/h4,6H,1-3H2,(H,10,12,13). The molecule has 1 aromatic rings. The van der Waals surface area contributed by atoms with E-state index in [0.29, 0.717) is 12.6 Å². The lowest BCUT2D eigenvalue weighted by Gasteiger charge is -2.11. The molecule has 6 nitrogen and oxygen atoms in total. The van der Waals surface area contributed by atoms with Crippen molar-refractivity contribution in [1.29, 1.82) is 0 Å². The molecule has 0 amide bonds. The number of hydrogen-bond acceptors (Lipinski definition) is 4. The highest BCUT2D eigenvalue weighted by Gasteiger charge is 2.33. The van der Waals surface area contributed by atoms with Crippen molar-refractivity contribution in [3.05, 3.63) is 32.9 Å². The number of H-pyrrole nitrogens is 1. The van der Waals surface area contributed by atoms with E-state index >= 15 is 0 Å². The monoisotopic (exact) mass is 248 g/mol. The Kier molecular flexibility index (Phi) is 2.45. The maximum absolute atomic E-state index is 13.0. The van der Waals surface area contributed by atoms with E-state index in [1.165, 1.54) is 0 Å². The average Bonchev–Trinajstić information content (AvgIpc) is 2.52. The van der Waals surface area contributed by atoms with Crippen molar-refractivity contribution in [1.82, 2.24) is 9.55 Å². The third-order valence-electron chi connectivity index (χ3n) is 2.53. The average molecular weight is 248 g/mol. The molecule has 1 aliphatic rings. The summed E-state index contributed by atoms with van der Waals surface area (Å²) in [7, 11) is -3.42. The van der Waals surface area contributed by atoms with Crippen LogP contribution in [-0.4, -0.2) is 23.7 Å². The summed E-state index contributed by atoms with van der Waals surface area (Å²) in [6.45, 7) is 0. The molecule has 2 rings (SSSR count). The molecule has 1 aliphatic heterocycles. The highest BCUT2D eigenvalue weighted by molar-refractivity contribution is 7.91. The second kappa shape index (κ2) is 3.55. The van der Waals surface area contributed by atoms with Crippen LogP contribution in [0.25, 0.3) is 0 Å². The lowest BCUT2D eigenvalue weighted by molar-refractivity contribution is 0.513. The molecule has 1 atom stereocenters. The van der Waals surface area contributed by atoms with E-state index in [1.807, 2.05) is 0 Å². The Labute approximate surface area is 89.6 Å². The number of halogens is 1. The van der Waals surface area contributed by atoms with Crippen molar-refractivity contribution in [2.45, 2.75) is 18.2 Å². The molecule has 0 bridgehead atoms. The number of aromatic amines is 1. The Morgan fingerprint density at radius 1 is 1.44 bits per heavy atom. The predicted molar refractivity (Wildman–Crippen MR) is 53.3 cm³/mol. The van der Waals surface area contributed by atoms with Crippen LogP contribution in [0.1, 0.15) is 18.2 Å². The van der Waals surface area contributed by atoms with Crippen LogP contribution in [0.2, 0.25) is 0 Å². The minimum absolute atomic E-state index is 0.0230. The van der Waals surface area contributed by atoms with Crippen LogP contribution in [0, 0.1) is 5.82 Å². The summed E-state index contributed by atoms with van der Waals surface area (Å²) >= 11 is 0. The van der Waals surface area contributed by atoms with E-state index in [4.69, 9.17) is 0 Å². The molecule has 1 fully saturated rings. The smallest absolute Gasteiger partial charge is 0.280 e. The van der Waals surface area contributed by atoms with E-state index in [2.05, 4.69) is 0 Å². The van der Waals surface area contributed by atoms with Crippen LogP contribution in [0.5, 0.6) is 0 Å². The highest BCUT2D eigenvalue weighted by atomic mass is 32.2. The lowest BCUT2D eigenvalue weighted by Crippen LogP contribution is -2.35. The van der Waals surface area contributed by atoms with Gasteiger partial charge in [0, 0.05) is 0 Å². The van der Waals surface area contributed by atoms with Gasteiger partial charge in [0.1, 0.15) is 5.37 Å². The summed E-state index contributed by atoms with van der Waals surface area (Å²) < 4.78 is 36.8. The number of rotatable bonds is 1. The van der Waals surface area contributed by atoms with Crippen molar-refractivity contribution in [2.24, 2.45) is 0 Å². The molecule has 2 heterocycles. The van der Waals surface area contributed by atoms with Gasteiger partial charge in [0.15, 0.2) is 9.84 Å². The zero-order chi connectivity index (χ0) is 11.9. The number of nitrogens with one attached hydrogen (secondary N) is 1. The SMILES string of the molecule is O=c1[nH]c(=O)n(C2CCCS2(=O)=O)cc1F. The summed E-state index contributed by atoms with van der Waals surface area (Å²) in [6, 6.07) is 0. The zero-order valence-corrected chi connectivity index (χ0v) is 8.96. The second-order valence-electron chi connectivity index (χ2n) is 3.61. The summed E-state index contributed by atoms with van der Waals surface area (Å²) in [5, 5.41) is -1.06. The van der Waals surface area contributed by atoms with Gasteiger partial charge in [-0.3, -0.25) is 14.3 Å². The van der Waals surface area contributed by atoms with Crippen LogP contribution in [-0.2, 0) is 9.84 Å². The van der Waals surface area contributed by atoms with Crippen molar-refractivity contribution < 1.29 is 12.8 Å². The molecular formula is C8H9FN2O4S. The van der Waals surface area contributed by atoms with Crippen LogP contribution in [0.4, 0.5) is 4.39 Å². The first-order valence-electron chi connectivity index (χ1n) is 4.64. The molecule has 0 aliphatic carbocycles. The fraction of sp³-hybridized carbons (Fsp3) is 0.500. The maximum Gasteiger partial charge on any atom is 0.329 e. The molecule has 0 radical (unpaired) electrons. The largest absolute Gasteiger partial charge is 0.329 e. The Hall–Kier alpha value is -1.44. The Morgan fingerprint density at radius 3 is 2.69 bits per heavy atom. The van der Waals surface area contributed by atoms with Crippen molar-refractivity contribution >= 4 is 9.84 Å². The van der Waals surface area contributed by atoms with Gasteiger partial charge in [-0.05, 0) is 12.8 Å². The molecule has 8 heteroatoms. The lowest BCUT2D eigenvalue weighted by atomic mass is 10.3. The van der Waals surface area contributed by atoms with E-state index in [9.17, 15) is 22.4 Å². The van der Waals surface area contributed by atoms with Gasteiger partial charge in [-0.1, -0.05) is 0 Å². The minimum Gasteiger partial charge on any atom is -0.280 e. The van der Waals surface area contributed by atoms with Gasteiger partial charge in [-0.2, -0.15) is 4.39 Å². The summed E-state index contributed by atoms with van der Waals surface area (Å²) in [5.74, 6) is -1.19. The fourth-order valence-electron chi connectivity index (χ4n) is 1.76. The third-order valence-corrected chi connectivity index (χ3v) is 4.68. The van der Waals surface area contributed by atoms with Gasteiger partial charge in [-0.15, -0.1) is 0 Å². The summed E-state index contributed by atoms with van der Waals surface area (Å²) in [6.07, 6.45) is 1.34. The molecular weight excluding hydrogens is 239 g/mol. The van der Waals surface area contributed by atoms with Gasteiger partial charge in [0.05, 0.1) is 11.9 Å². The quantitative estimate of drug-likeness (QED) is 0.717. The molecule has 88 valence electrons. The van der Waals surface area contributed by atoms with Gasteiger partial charge in [0.2, 0.25) is 5.82 Å². The van der Waals surface area contributed by atoms with Gasteiger partial charge >= 0.3 is 5.69 Å². The van der Waals surface area contributed by atoms with E-state index in [1.54, 1.807) is 4.98 Å². The summed E-state index contributed by atoms with van der Waals surface area (Å²) in [4.78, 5) is 23.9. The first-order chi connectivity index (χ1) is 7.42. The van der Waals surface area contributed by atoms with Crippen LogP contribution >= 0.6 is 0 Å². The second-order valence-corrected chi connectivity index (χ2v) is 5.89. The molecule has 1 unspecified atom stereocenters. The van der Waals surface area contributed by atoms with Gasteiger partial charge in [0.25, 0.3) is 5.56 Å². The van der Waals surface area contributed by atoms with E-state index in [-0.39, 0.29) is 12.2 Å².